The smallest absolute Gasteiger partial charge is 0.410 e. The van der Waals surface area contributed by atoms with Gasteiger partial charge in [-0.25, -0.2) is 4.79 Å². The molecule has 1 atom stereocenters. The number of anilines is 1. The molecule has 1 fully saturated rings. The van der Waals surface area contributed by atoms with E-state index in [4.69, 9.17) is 14.2 Å². The van der Waals surface area contributed by atoms with E-state index in [2.05, 4.69) is 39.5 Å². The summed E-state index contributed by atoms with van der Waals surface area (Å²) < 4.78 is 16.7. The van der Waals surface area contributed by atoms with Crippen LogP contribution in [0.15, 0.2) is 60.8 Å². The van der Waals surface area contributed by atoms with Gasteiger partial charge < -0.3 is 34.4 Å². The number of methoxy groups -OCH3 is 2. The second-order valence-corrected chi connectivity index (χ2v) is 13.2. The minimum Gasteiger partial charge on any atom is -0.497 e. The summed E-state index contributed by atoms with van der Waals surface area (Å²) in [6.45, 7) is 8.92. The lowest BCUT2D eigenvalue weighted by Gasteiger charge is -2.38. The number of nitrogens with zero attached hydrogens (tertiary/aromatic N) is 4. The standard InChI is InChI=1S/C36H47N5O6/c1-36(2,3)47-35(44)40(21-26-14-17-39(18-15-26)20-25-9-7-6-8-10-25)23-30-33-29(13-16-37-30)34(43)41(32(24-42)38-33)22-27-11-12-28(45-4)19-31(27)46-5/h6-13,16,19,26,32,38,42H,14-15,17-18,20-24H2,1-5H3. The minimum absolute atomic E-state index is 0.160. The van der Waals surface area contributed by atoms with Gasteiger partial charge in [-0.1, -0.05) is 30.3 Å². The first-order chi connectivity index (χ1) is 22.6. The average molecular weight is 646 g/mol. The van der Waals surface area contributed by atoms with Gasteiger partial charge >= 0.3 is 6.09 Å². The number of nitrogens with one attached hydrogen (secondary N) is 1. The molecule has 11 nitrogen and oxygen atoms in total. The highest BCUT2D eigenvalue weighted by atomic mass is 16.6. The third-order valence-corrected chi connectivity index (χ3v) is 8.64. The van der Waals surface area contributed by atoms with Crippen molar-refractivity contribution >= 4 is 17.7 Å². The third-order valence-electron chi connectivity index (χ3n) is 8.64. The van der Waals surface area contributed by atoms with Crippen LogP contribution in [0.1, 0.15) is 60.8 Å². The maximum absolute atomic E-state index is 13.9. The van der Waals surface area contributed by atoms with E-state index in [9.17, 15) is 14.7 Å². The molecule has 0 spiro atoms. The molecule has 5 rings (SSSR count). The van der Waals surface area contributed by atoms with Crippen molar-refractivity contribution in [1.29, 1.82) is 0 Å². The number of fused-ring (bicyclic) bond motifs is 1. The molecule has 252 valence electrons. The second-order valence-electron chi connectivity index (χ2n) is 13.2. The van der Waals surface area contributed by atoms with Crippen molar-refractivity contribution < 1.29 is 28.9 Å². The number of benzene rings is 2. The molecule has 0 bridgehead atoms. The molecule has 11 heteroatoms. The van der Waals surface area contributed by atoms with Crippen LogP contribution in [0, 0.1) is 5.92 Å². The largest absolute Gasteiger partial charge is 0.497 e. The number of rotatable bonds is 11. The van der Waals surface area contributed by atoms with Crippen LogP contribution < -0.4 is 14.8 Å². The molecule has 2 aliphatic rings. The molecule has 1 saturated heterocycles. The Morgan fingerprint density at radius 2 is 1.79 bits per heavy atom. The number of pyridine rings is 1. The molecule has 0 radical (unpaired) electrons. The van der Waals surface area contributed by atoms with Gasteiger partial charge in [0.05, 0.1) is 50.9 Å². The van der Waals surface area contributed by atoms with Crippen LogP contribution in [0.25, 0.3) is 0 Å². The fourth-order valence-corrected chi connectivity index (χ4v) is 6.19. The molecule has 2 N–H and O–H groups in total. The van der Waals surface area contributed by atoms with E-state index in [0.29, 0.717) is 40.9 Å². The van der Waals surface area contributed by atoms with Crippen molar-refractivity contribution in [3.63, 3.8) is 0 Å². The third kappa shape index (κ3) is 8.52. The number of hydrogen-bond donors (Lipinski definition) is 2. The van der Waals surface area contributed by atoms with Crippen molar-refractivity contribution in [3.05, 3.63) is 83.2 Å². The van der Waals surface area contributed by atoms with Gasteiger partial charge in [-0.05, 0) is 76.4 Å². The normalized spacial score (nSPS) is 17.1. The molecule has 0 saturated carbocycles. The van der Waals surface area contributed by atoms with Crippen LogP contribution in [0.3, 0.4) is 0 Å². The predicted octanol–water partition coefficient (Wildman–Crippen LogP) is 5.13. The van der Waals surface area contributed by atoms with Crippen molar-refractivity contribution in [2.24, 2.45) is 5.92 Å². The summed E-state index contributed by atoms with van der Waals surface area (Å²) in [5, 5.41) is 13.7. The second kappa shape index (κ2) is 15.0. The average Bonchev–Trinajstić information content (AvgIpc) is 3.06. The first kappa shape index (κ1) is 34.0. The number of carbonyl (C=O) groups is 2. The summed E-state index contributed by atoms with van der Waals surface area (Å²) in [4.78, 5) is 37.8. The number of likely N-dealkylation sites (tertiary alicyclic amines) is 1. The predicted molar refractivity (Wildman–Crippen MR) is 179 cm³/mol. The fourth-order valence-electron chi connectivity index (χ4n) is 6.19. The maximum atomic E-state index is 13.9. The quantitative estimate of drug-likeness (QED) is 0.293. The molecule has 2 aromatic carbocycles. The molecule has 0 aliphatic carbocycles. The maximum Gasteiger partial charge on any atom is 0.410 e. The first-order valence-corrected chi connectivity index (χ1v) is 16.2. The zero-order valence-corrected chi connectivity index (χ0v) is 28.1. The zero-order valence-electron chi connectivity index (χ0n) is 28.1. The van der Waals surface area contributed by atoms with Crippen LogP contribution in [0.5, 0.6) is 11.5 Å². The van der Waals surface area contributed by atoms with Crippen LogP contribution in [-0.2, 0) is 24.4 Å². The van der Waals surface area contributed by atoms with Gasteiger partial charge in [0.1, 0.15) is 23.3 Å². The monoisotopic (exact) mass is 645 g/mol. The molecule has 2 aliphatic heterocycles. The molecule has 3 aromatic rings. The van der Waals surface area contributed by atoms with E-state index >= 15 is 0 Å². The number of aromatic nitrogens is 1. The van der Waals surface area contributed by atoms with Crippen LogP contribution in [-0.4, -0.2) is 89.0 Å². The zero-order chi connectivity index (χ0) is 33.6. The van der Waals surface area contributed by atoms with Gasteiger partial charge in [0.15, 0.2) is 0 Å². The minimum atomic E-state index is -0.714. The van der Waals surface area contributed by atoms with E-state index in [1.165, 1.54) is 5.56 Å². The van der Waals surface area contributed by atoms with Crippen molar-refractivity contribution in [2.75, 3.05) is 45.8 Å². The molecule has 47 heavy (non-hydrogen) atoms. The first-order valence-electron chi connectivity index (χ1n) is 16.2. The van der Waals surface area contributed by atoms with E-state index in [0.717, 1.165) is 38.0 Å². The van der Waals surface area contributed by atoms with Gasteiger partial charge in [0.25, 0.3) is 5.91 Å². The van der Waals surface area contributed by atoms with Gasteiger partial charge in [-0.3, -0.25) is 14.7 Å². The van der Waals surface area contributed by atoms with Crippen LogP contribution >= 0.6 is 0 Å². The van der Waals surface area contributed by atoms with Crippen molar-refractivity contribution in [1.82, 2.24) is 19.7 Å². The Balaban J connectivity index is 1.33. The van der Waals surface area contributed by atoms with Gasteiger partial charge in [0, 0.05) is 30.9 Å². The highest BCUT2D eigenvalue weighted by molar-refractivity contribution is 6.02. The Labute approximate surface area is 277 Å². The topological polar surface area (TPSA) is 117 Å². The van der Waals surface area contributed by atoms with Gasteiger partial charge in [-0.2, -0.15) is 0 Å². The Morgan fingerprint density at radius 1 is 1.04 bits per heavy atom. The summed E-state index contributed by atoms with van der Waals surface area (Å²) >= 11 is 0. The summed E-state index contributed by atoms with van der Waals surface area (Å²) in [6.07, 6.45) is 2.37. The summed E-state index contributed by atoms with van der Waals surface area (Å²) in [5.74, 6) is 1.26. The van der Waals surface area contributed by atoms with Gasteiger partial charge in [0.2, 0.25) is 0 Å². The number of hydrogen-bond acceptors (Lipinski definition) is 9. The van der Waals surface area contributed by atoms with Crippen LogP contribution in [0.2, 0.25) is 0 Å². The highest BCUT2D eigenvalue weighted by Gasteiger charge is 2.35. The molecule has 3 heterocycles. The van der Waals surface area contributed by atoms with Gasteiger partial charge in [-0.15, -0.1) is 0 Å². The lowest BCUT2D eigenvalue weighted by atomic mass is 9.95. The van der Waals surface area contributed by atoms with E-state index < -0.39 is 17.9 Å². The Morgan fingerprint density at radius 3 is 2.45 bits per heavy atom. The number of ether oxygens (including phenoxy) is 3. The molecular formula is C36H47N5O6. The van der Waals surface area contributed by atoms with Crippen LogP contribution in [0.4, 0.5) is 10.5 Å². The fraction of sp³-hybridized carbons (Fsp3) is 0.472. The number of piperidine rings is 1. The molecule has 1 aromatic heterocycles. The Hall–Kier alpha value is -4.35. The SMILES string of the molecule is COc1ccc(CN2C(=O)c3ccnc(CN(CC4CCN(Cc5ccccc5)CC4)C(=O)OC(C)(C)C)c3NC2CO)c(OC)c1. The van der Waals surface area contributed by atoms with E-state index in [1.54, 1.807) is 42.3 Å². The Bertz CT molecular complexity index is 1520. The number of carbonyl (C=O) groups excluding carboxylic acids is 2. The summed E-state index contributed by atoms with van der Waals surface area (Å²) in [6, 6.07) is 17.6. The lowest BCUT2D eigenvalue weighted by molar-refractivity contribution is 0.0172. The molecule has 1 unspecified atom stereocenters. The Kier molecular flexibility index (Phi) is 10.9. The molecule has 2 amide bonds. The number of aliphatic hydroxyl groups is 1. The van der Waals surface area contributed by atoms with E-state index in [1.807, 2.05) is 39.0 Å². The van der Waals surface area contributed by atoms with Crippen molar-refractivity contribution in [3.8, 4) is 11.5 Å². The number of aliphatic hydroxyl groups excluding tert-OH is 1. The van der Waals surface area contributed by atoms with Crippen molar-refractivity contribution in [2.45, 2.75) is 65.0 Å². The molecular weight excluding hydrogens is 598 g/mol. The van der Waals surface area contributed by atoms with E-state index in [-0.39, 0.29) is 25.6 Å². The summed E-state index contributed by atoms with van der Waals surface area (Å²) in [5.41, 5.74) is 2.88. The summed E-state index contributed by atoms with van der Waals surface area (Å²) in [7, 11) is 3.15. The lowest BCUT2D eigenvalue weighted by Crippen LogP contribution is -2.51. The highest BCUT2D eigenvalue weighted by Crippen LogP contribution is 2.33. The number of amides is 2.